The van der Waals surface area contributed by atoms with Crippen LogP contribution < -0.4 is 5.32 Å². The highest BCUT2D eigenvalue weighted by atomic mass is 32.2. The molecule has 0 aliphatic heterocycles. The van der Waals surface area contributed by atoms with Gasteiger partial charge in [-0.15, -0.1) is 0 Å². The second-order valence-electron chi connectivity index (χ2n) is 4.49. The molecule has 5 nitrogen and oxygen atoms in total. The number of nitrogens with zero attached hydrogens (tertiary/aromatic N) is 1. The van der Waals surface area contributed by atoms with E-state index in [1.54, 1.807) is 0 Å². The Bertz CT molecular complexity index is 533. The fourth-order valence-corrected chi connectivity index (χ4v) is 2.92. The molecule has 0 amide bonds. The molecule has 0 bridgehead atoms. The van der Waals surface area contributed by atoms with Crippen molar-refractivity contribution in [3.8, 4) is 6.07 Å². The third-order valence-corrected chi connectivity index (χ3v) is 4.63. The van der Waals surface area contributed by atoms with Crippen molar-refractivity contribution in [2.24, 2.45) is 0 Å². The lowest BCUT2D eigenvalue weighted by atomic mass is 10.2. The summed E-state index contributed by atoms with van der Waals surface area (Å²) in [6, 6.07) is 7.91. The van der Waals surface area contributed by atoms with Crippen LogP contribution >= 0.6 is 0 Å². The van der Waals surface area contributed by atoms with E-state index in [-0.39, 0.29) is 17.3 Å². The molecule has 0 saturated carbocycles. The van der Waals surface area contributed by atoms with E-state index in [1.165, 1.54) is 24.3 Å². The summed E-state index contributed by atoms with van der Waals surface area (Å²) in [5, 5.41) is 20.4. The van der Waals surface area contributed by atoms with Gasteiger partial charge in [0.05, 0.1) is 22.3 Å². The summed E-state index contributed by atoms with van der Waals surface area (Å²) < 4.78 is 24.0. The van der Waals surface area contributed by atoms with Crippen molar-refractivity contribution in [3.05, 3.63) is 29.8 Å². The highest BCUT2D eigenvalue weighted by Gasteiger charge is 2.13. The molecule has 1 aromatic carbocycles. The lowest BCUT2D eigenvalue weighted by Gasteiger charge is -2.06. The summed E-state index contributed by atoms with van der Waals surface area (Å²) in [4.78, 5) is 0.249. The van der Waals surface area contributed by atoms with E-state index in [1.807, 2.05) is 6.07 Å². The summed E-state index contributed by atoms with van der Waals surface area (Å²) in [7, 11) is -3.29. The van der Waals surface area contributed by atoms with Gasteiger partial charge in [-0.25, -0.2) is 8.42 Å². The molecule has 0 radical (unpaired) electrons. The van der Waals surface area contributed by atoms with Crippen LogP contribution in [0.15, 0.2) is 29.2 Å². The van der Waals surface area contributed by atoms with Gasteiger partial charge >= 0.3 is 0 Å². The standard InChI is InChI=1S/C14H20N2O3S/c15-12-13-4-6-14(7-5-13)20(18,19)11-9-16-8-2-1-3-10-17/h4-7,16-17H,1-3,8-11H2. The Morgan fingerprint density at radius 3 is 2.40 bits per heavy atom. The number of hydrogen-bond acceptors (Lipinski definition) is 5. The van der Waals surface area contributed by atoms with Gasteiger partial charge in [0.2, 0.25) is 0 Å². The Kier molecular flexibility index (Phi) is 7.23. The van der Waals surface area contributed by atoms with Crippen LogP contribution in [0.1, 0.15) is 24.8 Å². The van der Waals surface area contributed by atoms with Gasteiger partial charge in [-0.2, -0.15) is 5.26 Å². The molecular formula is C14H20N2O3S. The number of aliphatic hydroxyl groups excluding tert-OH is 1. The molecule has 0 aliphatic carbocycles. The Morgan fingerprint density at radius 1 is 1.10 bits per heavy atom. The molecule has 0 aliphatic rings. The number of nitriles is 1. The van der Waals surface area contributed by atoms with E-state index in [4.69, 9.17) is 10.4 Å². The Labute approximate surface area is 120 Å². The molecule has 0 atom stereocenters. The van der Waals surface area contributed by atoms with Gasteiger partial charge in [-0.05, 0) is 50.1 Å². The Balaban J connectivity index is 2.36. The molecule has 0 spiro atoms. The summed E-state index contributed by atoms with van der Waals surface area (Å²) >= 11 is 0. The molecule has 0 fully saturated rings. The van der Waals surface area contributed by atoms with Crippen LogP contribution in [0.4, 0.5) is 0 Å². The Hall–Kier alpha value is -1.42. The van der Waals surface area contributed by atoms with Gasteiger partial charge in [0.1, 0.15) is 0 Å². The highest BCUT2D eigenvalue weighted by molar-refractivity contribution is 7.91. The first kappa shape index (κ1) is 16.6. The lowest BCUT2D eigenvalue weighted by Crippen LogP contribution is -2.24. The van der Waals surface area contributed by atoms with E-state index < -0.39 is 9.84 Å². The molecular weight excluding hydrogens is 276 g/mol. The number of sulfone groups is 1. The van der Waals surface area contributed by atoms with Crippen molar-refractivity contribution >= 4 is 9.84 Å². The van der Waals surface area contributed by atoms with Crippen molar-refractivity contribution in [2.45, 2.75) is 24.2 Å². The van der Waals surface area contributed by atoms with E-state index in [2.05, 4.69) is 5.32 Å². The van der Waals surface area contributed by atoms with Crippen LogP contribution in [-0.2, 0) is 9.84 Å². The quantitative estimate of drug-likeness (QED) is 0.666. The van der Waals surface area contributed by atoms with Crippen LogP contribution in [0.3, 0.4) is 0 Å². The SMILES string of the molecule is N#Cc1ccc(S(=O)(=O)CCNCCCCCO)cc1. The van der Waals surface area contributed by atoms with Crippen molar-refractivity contribution in [1.29, 1.82) is 5.26 Å². The number of benzene rings is 1. The minimum Gasteiger partial charge on any atom is -0.396 e. The van der Waals surface area contributed by atoms with Crippen molar-refractivity contribution < 1.29 is 13.5 Å². The zero-order valence-corrected chi connectivity index (χ0v) is 12.2. The number of nitrogens with one attached hydrogen (secondary N) is 1. The normalized spacial score (nSPS) is 11.2. The maximum absolute atomic E-state index is 12.0. The number of rotatable bonds is 9. The van der Waals surface area contributed by atoms with Gasteiger partial charge in [0.25, 0.3) is 0 Å². The predicted molar refractivity (Wildman–Crippen MR) is 77.0 cm³/mol. The average Bonchev–Trinajstić information content (AvgIpc) is 2.46. The van der Waals surface area contributed by atoms with Gasteiger partial charge in [0, 0.05) is 13.2 Å². The van der Waals surface area contributed by atoms with Gasteiger partial charge in [-0.1, -0.05) is 0 Å². The molecule has 2 N–H and O–H groups in total. The second kappa shape index (κ2) is 8.69. The molecule has 0 aromatic heterocycles. The molecule has 1 aromatic rings. The molecule has 1 rings (SSSR count). The van der Waals surface area contributed by atoms with E-state index in [0.717, 1.165) is 25.8 Å². The summed E-state index contributed by atoms with van der Waals surface area (Å²) in [6.45, 7) is 1.36. The zero-order chi connectivity index (χ0) is 14.8. The van der Waals surface area contributed by atoms with Gasteiger partial charge < -0.3 is 10.4 Å². The number of unbranched alkanes of at least 4 members (excludes halogenated alkanes) is 2. The van der Waals surface area contributed by atoms with Crippen LogP contribution in [0, 0.1) is 11.3 Å². The zero-order valence-electron chi connectivity index (χ0n) is 11.4. The van der Waals surface area contributed by atoms with E-state index in [0.29, 0.717) is 12.1 Å². The topological polar surface area (TPSA) is 90.2 Å². The van der Waals surface area contributed by atoms with Crippen LogP contribution in [-0.4, -0.2) is 39.0 Å². The largest absolute Gasteiger partial charge is 0.396 e. The van der Waals surface area contributed by atoms with E-state index in [9.17, 15) is 8.42 Å². The first-order chi connectivity index (χ1) is 9.60. The number of aliphatic hydroxyl groups is 1. The molecule has 20 heavy (non-hydrogen) atoms. The van der Waals surface area contributed by atoms with Crippen molar-refractivity contribution in [2.75, 3.05) is 25.4 Å². The van der Waals surface area contributed by atoms with Crippen LogP contribution in [0.5, 0.6) is 0 Å². The maximum atomic E-state index is 12.0. The average molecular weight is 296 g/mol. The second-order valence-corrected chi connectivity index (χ2v) is 6.60. The Morgan fingerprint density at radius 2 is 1.80 bits per heavy atom. The third kappa shape index (κ3) is 5.70. The monoisotopic (exact) mass is 296 g/mol. The van der Waals surface area contributed by atoms with Crippen LogP contribution in [0.25, 0.3) is 0 Å². The smallest absolute Gasteiger partial charge is 0.179 e. The minimum atomic E-state index is -3.29. The third-order valence-electron chi connectivity index (χ3n) is 2.90. The van der Waals surface area contributed by atoms with Gasteiger partial charge in [0.15, 0.2) is 9.84 Å². The van der Waals surface area contributed by atoms with Gasteiger partial charge in [-0.3, -0.25) is 0 Å². The molecule has 110 valence electrons. The summed E-state index contributed by atoms with van der Waals surface area (Å²) in [5.41, 5.74) is 0.450. The first-order valence-electron chi connectivity index (χ1n) is 6.64. The number of hydrogen-bond donors (Lipinski definition) is 2. The fourth-order valence-electron chi connectivity index (χ4n) is 1.72. The summed E-state index contributed by atoms with van der Waals surface area (Å²) in [5.74, 6) is 0.0406. The molecule has 0 unspecified atom stereocenters. The van der Waals surface area contributed by atoms with Crippen molar-refractivity contribution in [3.63, 3.8) is 0 Å². The van der Waals surface area contributed by atoms with E-state index >= 15 is 0 Å². The van der Waals surface area contributed by atoms with Crippen molar-refractivity contribution in [1.82, 2.24) is 5.32 Å². The fraction of sp³-hybridized carbons (Fsp3) is 0.500. The minimum absolute atomic E-state index is 0.0406. The molecule has 6 heteroatoms. The molecule has 0 saturated heterocycles. The predicted octanol–water partition coefficient (Wildman–Crippen LogP) is 1.08. The first-order valence-corrected chi connectivity index (χ1v) is 8.30. The molecule has 0 heterocycles. The highest BCUT2D eigenvalue weighted by Crippen LogP contribution is 2.11. The lowest BCUT2D eigenvalue weighted by molar-refractivity contribution is 0.283. The maximum Gasteiger partial charge on any atom is 0.179 e. The van der Waals surface area contributed by atoms with Crippen LogP contribution in [0.2, 0.25) is 0 Å². The summed E-state index contributed by atoms with van der Waals surface area (Å²) in [6.07, 6.45) is 2.65.